The molecule has 5 aromatic carbocycles. The zero-order valence-corrected chi connectivity index (χ0v) is 29.0. The van der Waals surface area contributed by atoms with E-state index in [0.29, 0.717) is 38.8 Å². The Bertz CT molecular complexity index is 2070. The standard InChI is InChI=1S/C39H32ClN3O7S/c1-49-33-15-9-14-26(34(33)50-2)22-32(43-36(44)25-12-7-4-8-13-25)37(45)41-28-17-19-29(20-18-28)51-35(24-10-5-3-6-11-24)38(46)42-31-23-27(39(47)48)16-21-30(31)40/h3-23,35H,1-2H3,(H,41,45)(H,42,46)(H,43,44)(H,47,48)/b32-22-. The minimum atomic E-state index is -1.15. The average molecular weight is 722 g/mol. The van der Waals surface area contributed by atoms with Gasteiger partial charge in [0.1, 0.15) is 10.9 Å². The third-order valence-electron chi connectivity index (χ3n) is 7.44. The zero-order chi connectivity index (χ0) is 36.3. The molecule has 1 atom stereocenters. The monoisotopic (exact) mass is 721 g/mol. The van der Waals surface area contributed by atoms with E-state index in [1.54, 1.807) is 72.8 Å². The molecule has 0 aliphatic carbocycles. The summed E-state index contributed by atoms with van der Waals surface area (Å²) in [4.78, 5) is 52.6. The van der Waals surface area contributed by atoms with E-state index >= 15 is 0 Å². The highest BCUT2D eigenvalue weighted by atomic mass is 35.5. The summed E-state index contributed by atoms with van der Waals surface area (Å²) >= 11 is 7.54. The highest BCUT2D eigenvalue weighted by molar-refractivity contribution is 8.00. The highest BCUT2D eigenvalue weighted by Crippen LogP contribution is 2.38. The summed E-state index contributed by atoms with van der Waals surface area (Å²) in [5.74, 6) is -1.80. The van der Waals surface area contributed by atoms with Crippen LogP contribution in [0, 0.1) is 0 Å². The second kappa shape index (κ2) is 17.1. The number of ether oxygens (including phenoxy) is 2. The molecule has 0 radical (unpaired) electrons. The van der Waals surface area contributed by atoms with Gasteiger partial charge in [-0.05, 0) is 72.3 Å². The van der Waals surface area contributed by atoms with Crippen LogP contribution in [0.2, 0.25) is 5.02 Å². The fraction of sp³-hybridized carbons (Fsp3) is 0.0769. The number of carboxylic acid groups (broad SMARTS) is 1. The van der Waals surface area contributed by atoms with Crippen LogP contribution in [-0.4, -0.2) is 43.0 Å². The SMILES string of the molecule is COc1cccc(/C=C(\NC(=O)c2ccccc2)C(=O)Nc2ccc(SC(C(=O)Nc3cc(C(=O)O)ccc3Cl)c3ccccc3)cc2)c1OC. The second-order valence-corrected chi connectivity index (χ2v) is 12.4. The van der Waals surface area contributed by atoms with E-state index in [9.17, 15) is 24.3 Å². The molecule has 10 nitrogen and oxygen atoms in total. The Hall–Kier alpha value is -6.04. The van der Waals surface area contributed by atoms with Crippen LogP contribution in [0.1, 0.15) is 37.1 Å². The Morgan fingerprint density at radius 3 is 2.10 bits per heavy atom. The van der Waals surface area contributed by atoms with Crippen molar-refractivity contribution in [1.29, 1.82) is 0 Å². The van der Waals surface area contributed by atoms with Gasteiger partial charge in [-0.15, -0.1) is 11.8 Å². The Labute approximate surface area is 303 Å². The predicted molar refractivity (Wildman–Crippen MR) is 199 cm³/mol. The van der Waals surface area contributed by atoms with Gasteiger partial charge in [-0.3, -0.25) is 14.4 Å². The lowest BCUT2D eigenvalue weighted by atomic mass is 10.1. The predicted octanol–water partition coefficient (Wildman–Crippen LogP) is 7.94. The van der Waals surface area contributed by atoms with Gasteiger partial charge < -0.3 is 30.5 Å². The first-order valence-electron chi connectivity index (χ1n) is 15.4. The number of carboxylic acids is 1. The van der Waals surface area contributed by atoms with E-state index in [2.05, 4.69) is 16.0 Å². The molecule has 0 saturated heterocycles. The van der Waals surface area contributed by atoms with Gasteiger partial charge in [0.2, 0.25) is 5.91 Å². The number of hydrogen-bond acceptors (Lipinski definition) is 7. The van der Waals surface area contributed by atoms with E-state index in [-0.39, 0.29) is 22.0 Å². The van der Waals surface area contributed by atoms with Gasteiger partial charge in [-0.2, -0.15) is 0 Å². The quantitative estimate of drug-likeness (QED) is 0.0709. The summed E-state index contributed by atoms with van der Waals surface area (Å²) < 4.78 is 10.9. The molecule has 5 aromatic rings. The van der Waals surface area contributed by atoms with Crippen LogP contribution in [0.15, 0.2) is 132 Å². The van der Waals surface area contributed by atoms with Gasteiger partial charge in [-0.1, -0.05) is 72.3 Å². The maximum absolute atomic E-state index is 13.7. The lowest BCUT2D eigenvalue weighted by Crippen LogP contribution is -2.30. The summed E-state index contributed by atoms with van der Waals surface area (Å²) in [6.07, 6.45) is 1.50. The number of benzene rings is 5. The molecule has 0 aliphatic heterocycles. The summed E-state index contributed by atoms with van der Waals surface area (Å²) in [5, 5.41) is 17.2. The van der Waals surface area contributed by atoms with Gasteiger partial charge in [0.25, 0.3) is 11.8 Å². The third kappa shape index (κ3) is 9.35. The van der Waals surface area contributed by atoms with Gasteiger partial charge in [0, 0.05) is 21.7 Å². The van der Waals surface area contributed by atoms with E-state index in [1.807, 2.05) is 30.3 Å². The molecule has 0 bridgehead atoms. The smallest absolute Gasteiger partial charge is 0.335 e. The molecule has 0 spiro atoms. The number of para-hydroxylation sites is 1. The number of amides is 3. The first-order valence-corrected chi connectivity index (χ1v) is 16.7. The molecule has 3 amide bonds. The van der Waals surface area contributed by atoms with Crippen LogP contribution in [-0.2, 0) is 9.59 Å². The molecule has 258 valence electrons. The minimum absolute atomic E-state index is 0.0171. The van der Waals surface area contributed by atoms with E-state index in [1.165, 1.54) is 50.3 Å². The van der Waals surface area contributed by atoms with Gasteiger partial charge in [0.05, 0.1) is 30.5 Å². The largest absolute Gasteiger partial charge is 0.493 e. The van der Waals surface area contributed by atoms with E-state index in [4.69, 9.17) is 21.1 Å². The zero-order valence-electron chi connectivity index (χ0n) is 27.4. The summed E-state index contributed by atoms with van der Waals surface area (Å²) in [6, 6.07) is 33.7. The number of nitrogens with one attached hydrogen (secondary N) is 3. The fourth-order valence-electron chi connectivity index (χ4n) is 4.93. The van der Waals surface area contributed by atoms with Crippen LogP contribution in [0.4, 0.5) is 11.4 Å². The van der Waals surface area contributed by atoms with Crippen LogP contribution >= 0.6 is 23.4 Å². The molecule has 0 heterocycles. The average Bonchev–Trinajstić information content (AvgIpc) is 3.15. The van der Waals surface area contributed by atoms with Gasteiger partial charge in [-0.25, -0.2) is 4.79 Å². The molecule has 51 heavy (non-hydrogen) atoms. The highest BCUT2D eigenvalue weighted by Gasteiger charge is 2.24. The summed E-state index contributed by atoms with van der Waals surface area (Å²) in [6.45, 7) is 0. The Kier molecular flexibility index (Phi) is 12.1. The van der Waals surface area contributed by atoms with Crippen LogP contribution in [0.3, 0.4) is 0 Å². The molecule has 0 fully saturated rings. The number of hydrogen-bond donors (Lipinski definition) is 4. The Morgan fingerprint density at radius 1 is 0.765 bits per heavy atom. The summed E-state index contributed by atoms with van der Waals surface area (Å²) in [7, 11) is 2.98. The first-order chi connectivity index (χ1) is 24.7. The lowest BCUT2D eigenvalue weighted by molar-refractivity contribution is -0.116. The van der Waals surface area contributed by atoms with Crippen molar-refractivity contribution in [1.82, 2.24) is 5.32 Å². The van der Waals surface area contributed by atoms with Crippen molar-refractivity contribution in [3.05, 3.63) is 154 Å². The molecule has 0 aliphatic rings. The molecule has 12 heteroatoms. The maximum atomic E-state index is 13.7. The number of carbonyl (C=O) groups is 4. The lowest BCUT2D eigenvalue weighted by Gasteiger charge is -2.18. The molecule has 1 unspecified atom stereocenters. The van der Waals surface area contributed by atoms with Crippen molar-refractivity contribution in [2.75, 3.05) is 24.9 Å². The van der Waals surface area contributed by atoms with Crippen LogP contribution in [0.25, 0.3) is 6.08 Å². The number of aromatic carboxylic acids is 1. The molecule has 0 aromatic heterocycles. The topological polar surface area (TPSA) is 143 Å². The molecule has 5 rings (SSSR count). The van der Waals surface area contributed by atoms with Gasteiger partial charge >= 0.3 is 5.97 Å². The Balaban J connectivity index is 1.37. The first kappa shape index (κ1) is 36.2. The van der Waals surface area contributed by atoms with Crippen molar-refractivity contribution in [2.45, 2.75) is 10.1 Å². The van der Waals surface area contributed by atoms with Crippen molar-refractivity contribution in [3.8, 4) is 11.5 Å². The van der Waals surface area contributed by atoms with Gasteiger partial charge in [0.15, 0.2) is 11.5 Å². The summed E-state index contributed by atoms with van der Waals surface area (Å²) in [5.41, 5.74) is 2.12. The van der Waals surface area contributed by atoms with E-state index in [0.717, 1.165) is 0 Å². The second-order valence-electron chi connectivity index (χ2n) is 10.8. The number of thioether (sulfide) groups is 1. The fourth-order valence-corrected chi connectivity index (χ4v) is 6.12. The normalized spacial score (nSPS) is 11.5. The number of halogens is 1. The van der Waals surface area contributed by atoms with Crippen LogP contribution < -0.4 is 25.4 Å². The number of rotatable bonds is 13. The van der Waals surface area contributed by atoms with Crippen LogP contribution in [0.5, 0.6) is 11.5 Å². The number of carbonyl (C=O) groups excluding carboxylic acids is 3. The molecule has 4 N–H and O–H groups in total. The number of methoxy groups -OCH3 is 2. The van der Waals surface area contributed by atoms with Crippen molar-refractivity contribution in [3.63, 3.8) is 0 Å². The maximum Gasteiger partial charge on any atom is 0.335 e. The third-order valence-corrected chi connectivity index (χ3v) is 9.04. The van der Waals surface area contributed by atoms with Crippen molar-refractivity contribution >= 4 is 64.5 Å². The Morgan fingerprint density at radius 2 is 1.45 bits per heavy atom. The van der Waals surface area contributed by atoms with E-state index < -0.39 is 28.9 Å². The molecule has 0 saturated carbocycles. The minimum Gasteiger partial charge on any atom is -0.493 e. The molecular weight excluding hydrogens is 690 g/mol. The number of anilines is 2. The van der Waals surface area contributed by atoms with Crippen molar-refractivity contribution in [2.24, 2.45) is 0 Å². The molecular formula is C39H32ClN3O7S. The van der Waals surface area contributed by atoms with Crippen molar-refractivity contribution < 1.29 is 33.8 Å².